The van der Waals surface area contributed by atoms with Crippen LogP contribution >= 0.6 is 0 Å². The molecule has 2 aromatic carbocycles. The lowest BCUT2D eigenvalue weighted by molar-refractivity contribution is 0.140. The molecule has 0 amide bonds. The molecule has 0 aromatic heterocycles. The Kier molecular flexibility index (Phi) is 5.02. The van der Waals surface area contributed by atoms with E-state index in [0.29, 0.717) is 37.2 Å². The van der Waals surface area contributed by atoms with Crippen molar-refractivity contribution in [2.45, 2.75) is 12.8 Å². The largest absolute Gasteiger partial charge is 0.504 e. The van der Waals surface area contributed by atoms with Gasteiger partial charge >= 0.3 is 0 Å². The number of hydrogen-bond donors (Lipinski definition) is 6. The van der Waals surface area contributed by atoms with Crippen molar-refractivity contribution in [2.75, 3.05) is 13.2 Å². The lowest BCUT2D eigenvalue weighted by Gasteiger charge is -2.08. The molecule has 124 valence electrons. The van der Waals surface area contributed by atoms with Gasteiger partial charge in [-0.05, 0) is 48.2 Å². The van der Waals surface area contributed by atoms with Gasteiger partial charge < -0.3 is 35.4 Å². The molecule has 0 saturated carbocycles. The monoisotopic (exact) mass is 322 g/mol. The Labute approximate surface area is 132 Å². The molecule has 2 aromatic rings. The molecule has 0 aliphatic rings. The van der Waals surface area contributed by atoms with Gasteiger partial charge in [-0.1, -0.05) is 0 Å². The third-order valence-electron chi connectivity index (χ3n) is 3.33. The fourth-order valence-electron chi connectivity index (χ4n) is 2.09. The molecule has 0 saturated heterocycles. The van der Waals surface area contributed by atoms with E-state index in [-0.39, 0.29) is 0 Å². The van der Waals surface area contributed by atoms with Crippen LogP contribution in [0.5, 0.6) is 34.5 Å². The first-order chi connectivity index (χ1) is 10.9. The minimum atomic E-state index is -0.554. The number of phenolic OH excluding ortho intramolecular Hbond substituents is 6. The van der Waals surface area contributed by atoms with Crippen LogP contribution in [0.25, 0.3) is 0 Å². The second-order valence-corrected chi connectivity index (χ2v) is 5.08. The standard InChI is InChI=1S/C16H18O7/c17-11-5-9(6-12(18)15(11)21)1-3-23-4-2-10-7-13(19)16(22)14(20)8-10/h5-8,17-22H,1-4H2. The summed E-state index contributed by atoms with van der Waals surface area (Å²) >= 11 is 0. The van der Waals surface area contributed by atoms with Crippen molar-refractivity contribution in [3.63, 3.8) is 0 Å². The van der Waals surface area contributed by atoms with Gasteiger partial charge in [0.25, 0.3) is 0 Å². The molecule has 0 fully saturated rings. The summed E-state index contributed by atoms with van der Waals surface area (Å²) in [5, 5.41) is 56.0. The zero-order chi connectivity index (χ0) is 17.0. The fraction of sp³-hybridized carbons (Fsp3) is 0.250. The minimum Gasteiger partial charge on any atom is -0.504 e. The number of rotatable bonds is 6. The average molecular weight is 322 g/mol. The first kappa shape index (κ1) is 16.6. The predicted molar refractivity (Wildman–Crippen MR) is 81.1 cm³/mol. The average Bonchev–Trinajstić information content (AvgIpc) is 2.49. The molecule has 0 bridgehead atoms. The van der Waals surface area contributed by atoms with E-state index < -0.39 is 34.5 Å². The summed E-state index contributed by atoms with van der Waals surface area (Å²) in [6.45, 7) is 0.638. The van der Waals surface area contributed by atoms with Crippen molar-refractivity contribution in [2.24, 2.45) is 0 Å². The van der Waals surface area contributed by atoms with Crippen LogP contribution in [0.2, 0.25) is 0 Å². The summed E-state index contributed by atoms with van der Waals surface area (Å²) in [5.74, 6) is -2.68. The molecule has 0 heterocycles. The molecule has 0 unspecified atom stereocenters. The van der Waals surface area contributed by atoms with Gasteiger partial charge in [-0.15, -0.1) is 0 Å². The van der Waals surface area contributed by atoms with E-state index >= 15 is 0 Å². The second-order valence-electron chi connectivity index (χ2n) is 5.08. The van der Waals surface area contributed by atoms with Gasteiger partial charge in [0, 0.05) is 0 Å². The molecule has 2 rings (SSSR count). The molecule has 0 spiro atoms. The van der Waals surface area contributed by atoms with Crippen LogP contribution in [-0.2, 0) is 17.6 Å². The molecule has 7 nitrogen and oxygen atoms in total. The zero-order valence-corrected chi connectivity index (χ0v) is 12.2. The van der Waals surface area contributed by atoms with Crippen LogP contribution in [0.1, 0.15) is 11.1 Å². The summed E-state index contributed by atoms with van der Waals surface area (Å²) in [6, 6.07) is 5.37. The number of aromatic hydroxyl groups is 6. The Morgan fingerprint density at radius 3 is 1.17 bits per heavy atom. The van der Waals surface area contributed by atoms with Gasteiger partial charge in [-0.25, -0.2) is 0 Å². The molecule has 0 atom stereocenters. The van der Waals surface area contributed by atoms with Crippen molar-refractivity contribution in [1.29, 1.82) is 0 Å². The van der Waals surface area contributed by atoms with Crippen molar-refractivity contribution in [1.82, 2.24) is 0 Å². The lowest BCUT2D eigenvalue weighted by Crippen LogP contribution is -2.03. The maximum absolute atomic E-state index is 9.39. The third-order valence-corrected chi connectivity index (χ3v) is 3.33. The minimum absolute atomic E-state index is 0.319. The summed E-state index contributed by atoms with van der Waals surface area (Å²) in [4.78, 5) is 0. The molecular weight excluding hydrogens is 304 g/mol. The van der Waals surface area contributed by atoms with Gasteiger partial charge in [0.2, 0.25) is 0 Å². The number of ether oxygens (including phenoxy) is 1. The van der Waals surface area contributed by atoms with E-state index in [0.717, 1.165) is 0 Å². The smallest absolute Gasteiger partial charge is 0.200 e. The van der Waals surface area contributed by atoms with E-state index in [9.17, 15) is 30.6 Å². The van der Waals surface area contributed by atoms with Crippen LogP contribution in [-0.4, -0.2) is 43.9 Å². The van der Waals surface area contributed by atoms with Gasteiger partial charge in [0.05, 0.1) is 13.2 Å². The van der Waals surface area contributed by atoms with Crippen LogP contribution in [0.3, 0.4) is 0 Å². The maximum atomic E-state index is 9.39. The summed E-state index contributed by atoms with van der Waals surface area (Å²) < 4.78 is 5.41. The number of benzene rings is 2. The van der Waals surface area contributed by atoms with Crippen LogP contribution in [0, 0.1) is 0 Å². The highest BCUT2D eigenvalue weighted by atomic mass is 16.5. The maximum Gasteiger partial charge on any atom is 0.200 e. The molecule has 23 heavy (non-hydrogen) atoms. The van der Waals surface area contributed by atoms with E-state index in [2.05, 4.69) is 0 Å². The van der Waals surface area contributed by atoms with E-state index in [4.69, 9.17) is 4.74 Å². The molecule has 0 aliphatic heterocycles. The Morgan fingerprint density at radius 2 is 0.870 bits per heavy atom. The van der Waals surface area contributed by atoms with Gasteiger partial charge in [-0.3, -0.25) is 0 Å². The SMILES string of the molecule is Oc1cc(CCOCCc2cc(O)c(O)c(O)c2)cc(O)c1O. The summed E-state index contributed by atoms with van der Waals surface area (Å²) in [5.41, 5.74) is 1.22. The third kappa shape index (κ3) is 4.10. The van der Waals surface area contributed by atoms with Crippen molar-refractivity contribution < 1.29 is 35.4 Å². The number of hydrogen-bond acceptors (Lipinski definition) is 7. The first-order valence-corrected chi connectivity index (χ1v) is 6.94. The fourth-order valence-corrected chi connectivity index (χ4v) is 2.09. The molecule has 0 radical (unpaired) electrons. The highest BCUT2D eigenvalue weighted by molar-refractivity contribution is 5.51. The number of phenols is 6. The molecular formula is C16H18O7. The Morgan fingerprint density at radius 1 is 0.565 bits per heavy atom. The van der Waals surface area contributed by atoms with Crippen LogP contribution in [0.15, 0.2) is 24.3 Å². The van der Waals surface area contributed by atoms with Crippen molar-refractivity contribution in [3.05, 3.63) is 35.4 Å². The highest BCUT2D eigenvalue weighted by Gasteiger charge is 2.09. The topological polar surface area (TPSA) is 131 Å². The van der Waals surface area contributed by atoms with E-state index in [1.807, 2.05) is 0 Å². The van der Waals surface area contributed by atoms with Gasteiger partial charge in [0.1, 0.15) is 0 Å². The quantitative estimate of drug-likeness (QED) is 0.352. The van der Waals surface area contributed by atoms with E-state index in [1.165, 1.54) is 24.3 Å². The molecule has 7 heteroatoms. The molecule has 6 N–H and O–H groups in total. The molecule has 0 aliphatic carbocycles. The van der Waals surface area contributed by atoms with Crippen LogP contribution < -0.4 is 0 Å². The van der Waals surface area contributed by atoms with Crippen molar-refractivity contribution >= 4 is 0 Å². The zero-order valence-electron chi connectivity index (χ0n) is 12.2. The van der Waals surface area contributed by atoms with Crippen LogP contribution in [0.4, 0.5) is 0 Å². The van der Waals surface area contributed by atoms with Gasteiger partial charge in [-0.2, -0.15) is 0 Å². The highest BCUT2D eigenvalue weighted by Crippen LogP contribution is 2.36. The summed E-state index contributed by atoms with van der Waals surface area (Å²) in [7, 11) is 0. The Balaban J connectivity index is 1.80. The first-order valence-electron chi connectivity index (χ1n) is 6.94. The predicted octanol–water partition coefficient (Wildman–Crippen LogP) is 1.72. The summed E-state index contributed by atoms with van der Waals surface area (Å²) in [6.07, 6.45) is 0.848. The lowest BCUT2D eigenvalue weighted by atomic mass is 10.1. The Hall–Kier alpha value is -2.80. The Bertz CT molecular complexity index is 591. The normalized spacial score (nSPS) is 10.8. The van der Waals surface area contributed by atoms with Gasteiger partial charge in [0.15, 0.2) is 34.5 Å². The van der Waals surface area contributed by atoms with Crippen molar-refractivity contribution in [3.8, 4) is 34.5 Å². The van der Waals surface area contributed by atoms with E-state index in [1.54, 1.807) is 0 Å². The second kappa shape index (κ2) is 6.97.